The van der Waals surface area contributed by atoms with Crippen LogP contribution >= 0.6 is 0 Å². The molecule has 1 saturated carbocycles. The van der Waals surface area contributed by atoms with Crippen LogP contribution in [0.2, 0.25) is 0 Å². The molecule has 3 heteroatoms. The lowest BCUT2D eigenvalue weighted by molar-refractivity contribution is 0.115. The van der Waals surface area contributed by atoms with Crippen LogP contribution in [-0.2, 0) is 10.2 Å². The van der Waals surface area contributed by atoms with E-state index < -0.39 is 0 Å². The highest BCUT2D eigenvalue weighted by molar-refractivity contribution is 5.37. The number of methoxy groups -OCH3 is 1. The lowest BCUT2D eigenvalue weighted by Gasteiger charge is -2.29. The van der Waals surface area contributed by atoms with Gasteiger partial charge in [-0.25, -0.2) is 0 Å². The molecule has 0 spiro atoms. The first-order valence-electron chi connectivity index (χ1n) is 7.25. The van der Waals surface area contributed by atoms with E-state index in [0.29, 0.717) is 5.41 Å². The second-order valence-corrected chi connectivity index (χ2v) is 6.37. The molecule has 0 N–H and O–H groups in total. The van der Waals surface area contributed by atoms with Gasteiger partial charge in [0, 0.05) is 25.3 Å². The standard InChI is InChI=1S/C16H24N2O/c1-11-7-13(9-17-15(11)12(2)19-4)16-5-6-18(3)10-14(16)8-16/h7,9,12,14H,5-6,8,10H2,1-4H3. The van der Waals surface area contributed by atoms with Gasteiger partial charge < -0.3 is 9.64 Å². The van der Waals surface area contributed by atoms with Gasteiger partial charge >= 0.3 is 0 Å². The van der Waals surface area contributed by atoms with Crippen LogP contribution in [-0.4, -0.2) is 37.1 Å². The summed E-state index contributed by atoms with van der Waals surface area (Å²) in [5, 5.41) is 0. The average Bonchev–Trinajstić information content (AvgIpc) is 3.12. The van der Waals surface area contributed by atoms with Crippen molar-refractivity contribution in [3.8, 4) is 0 Å². The van der Waals surface area contributed by atoms with Gasteiger partial charge in [-0.15, -0.1) is 0 Å². The predicted octanol–water partition coefficient (Wildman–Crippen LogP) is 2.69. The number of hydrogen-bond donors (Lipinski definition) is 0. The Morgan fingerprint density at radius 3 is 2.95 bits per heavy atom. The summed E-state index contributed by atoms with van der Waals surface area (Å²) in [6.45, 7) is 6.67. The van der Waals surface area contributed by atoms with Gasteiger partial charge in [0.25, 0.3) is 0 Å². The molecular formula is C16H24N2O. The zero-order valence-corrected chi connectivity index (χ0v) is 12.4. The molecule has 2 heterocycles. The van der Waals surface area contributed by atoms with Crippen LogP contribution in [0.25, 0.3) is 0 Å². The van der Waals surface area contributed by atoms with Gasteiger partial charge in [-0.1, -0.05) is 6.07 Å². The first-order valence-corrected chi connectivity index (χ1v) is 7.25. The third-order valence-corrected chi connectivity index (χ3v) is 5.14. The van der Waals surface area contributed by atoms with E-state index in [0.717, 1.165) is 11.6 Å². The molecule has 3 atom stereocenters. The highest BCUT2D eigenvalue weighted by Crippen LogP contribution is 2.59. The van der Waals surface area contributed by atoms with Gasteiger partial charge in [0.05, 0.1) is 11.8 Å². The van der Waals surface area contributed by atoms with E-state index in [1.807, 2.05) is 0 Å². The van der Waals surface area contributed by atoms with Crippen molar-refractivity contribution in [2.45, 2.75) is 38.2 Å². The monoisotopic (exact) mass is 260 g/mol. The Balaban J connectivity index is 1.86. The maximum atomic E-state index is 5.38. The number of aromatic nitrogens is 1. The highest BCUT2D eigenvalue weighted by atomic mass is 16.5. The Bertz CT molecular complexity index is 488. The second kappa shape index (κ2) is 4.57. The molecular weight excluding hydrogens is 236 g/mol. The minimum absolute atomic E-state index is 0.0824. The van der Waals surface area contributed by atoms with Crippen LogP contribution < -0.4 is 0 Å². The number of ether oxygens (including phenoxy) is 1. The van der Waals surface area contributed by atoms with E-state index in [1.54, 1.807) is 7.11 Å². The quantitative estimate of drug-likeness (QED) is 0.835. The van der Waals surface area contributed by atoms with Crippen LogP contribution in [0.4, 0.5) is 0 Å². The van der Waals surface area contributed by atoms with E-state index >= 15 is 0 Å². The van der Waals surface area contributed by atoms with Crippen LogP contribution in [0.3, 0.4) is 0 Å². The molecule has 3 unspecified atom stereocenters. The SMILES string of the molecule is COC(C)c1ncc(C23CCN(C)CC2C3)cc1C. The Morgan fingerprint density at radius 2 is 2.32 bits per heavy atom. The number of nitrogens with zero attached hydrogens (tertiary/aromatic N) is 2. The van der Waals surface area contributed by atoms with E-state index in [9.17, 15) is 0 Å². The van der Waals surface area contributed by atoms with Crippen molar-refractivity contribution in [2.75, 3.05) is 27.2 Å². The Kier molecular flexibility index (Phi) is 3.14. The van der Waals surface area contributed by atoms with Crippen molar-refractivity contribution < 1.29 is 4.74 Å². The molecule has 104 valence electrons. The van der Waals surface area contributed by atoms with Gasteiger partial charge in [0.15, 0.2) is 0 Å². The third-order valence-electron chi connectivity index (χ3n) is 5.14. The average molecular weight is 260 g/mol. The maximum Gasteiger partial charge on any atom is 0.0965 e. The summed E-state index contributed by atoms with van der Waals surface area (Å²) >= 11 is 0. The molecule has 3 rings (SSSR count). The Morgan fingerprint density at radius 1 is 1.53 bits per heavy atom. The molecule has 0 amide bonds. The maximum absolute atomic E-state index is 5.38. The molecule has 2 fully saturated rings. The Labute approximate surface area is 116 Å². The normalized spacial score (nSPS) is 31.9. The van der Waals surface area contributed by atoms with Gasteiger partial charge in [-0.3, -0.25) is 4.98 Å². The van der Waals surface area contributed by atoms with Gasteiger partial charge in [0.2, 0.25) is 0 Å². The summed E-state index contributed by atoms with van der Waals surface area (Å²) in [5.74, 6) is 0.846. The van der Waals surface area contributed by atoms with Gasteiger partial charge in [-0.05, 0) is 57.3 Å². The summed E-state index contributed by atoms with van der Waals surface area (Å²) in [5.41, 5.74) is 4.24. The minimum atomic E-state index is 0.0824. The van der Waals surface area contributed by atoms with Crippen LogP contribution in [0, 0.1) is 12.8 Å². The van der Waals surface area contributed by atoms with E-state index in [2.05, 4.69) is 43.0 Å². The van der Waals surface area contributed by atoms with E-state index in [-0.39, 0.29) is 6.10 Å². The highest BCUT2D eigenvalue weighted by Gasteiger charge is 2.57. The smallest absolute Gasteiger partial charge is 0.0965 e. The van der Waals surface area contributed by atoms with Gasteiger partial charge in [-0.2, -0.15) is 0 Å². The molecule has 1 aliphatic carbocycles. The first-order chi connectivity index (χ1) is 9.06. The zero-order chi connectivity index (χ0) is 13.6. The molecule has 3 nitrogen and oxygen atoms in total. The van der Waals surface area contributed by atoms with Crippen LogP contribution in [0.15, 0.2) is 12.3 Å². The third kappa shape index (κ3) is 2.09. The van der Waals surface area contributed by atoms with Gasteiger partial charge in [0.1, 0.15) is 0 Å². The number of piperidine rings is 1. The fourth-order valence-electron chi connectivity index (χ4n) is 3.68. The summed E-state index contributed by atoms with van der Waals surface area (Å²) in [7, 11) is 3.97. The van der Waals surface area contributed by atoms with E-state index in [4.69, 9.17) is 4.74 Å². The van der Waals surface area contributed by atoms with Crippen molar-refractivity contribution in [1.82, 2.24) is 9.88 Å². The number of hydrogen-bond acceptors (Lipinski definition) is 3. The van der Waals surface area contributed by atoms with Crippen LogP contribution in [0.5, 0.6) is 0 Å². The Hall–Kier alpha value is -0.930. The second-order valence-electron chi connectivity index (χ2n) is 6.37. The lowest BCUT2D eigenvalue weighted by atomic mass is 9.87. The number of rotatable bonds is 3. The molecule has 1 saturated heterocycles. The number of aryl methyl sites for hydroxylation is 1. The van der Waals surface area contributed by atoms with E-state index in [1.165, 1.54) is 37.1 Å². The molecule has 1 aromatic heterocycles. The van der Waals surface area contributed by atoms with Crippen molar-refractivity contribution in [2.24, 2.45) is 5.92 Å². The number of pyridine rings is 1. The number of likely N-dealkylation sites (tertiary alicyclic amines) is 1. The van der Waals surface area contributed by atoms with Crippen molar-refractivity contribution >= 4 is 0 Å². The van der Waals surface area contributed by atoms with Crippen molar-refractivity contribution in [1.29, 1.82) is 0 Å². The minimum Gasteiger partial charge on any atom is -0.375 e. The molecule has 0 radical (unpaired) electrons. The topological polar surface area (TPSA) is 25.4 Å². The molecule has 0 aromatic carbocycles. The summed E-state index contributed by atoms with van der Waals surface area (Å²) in [6.07, 6.45) is 4.81. The molecule has 0 bridgehead atoms. The number of fused-ring (bicyclic) bond motifs is 1. The molecule has 1 aliphatic heterocycles. The fraction of sp³-hybridized carbons (Fsp3) is 0.688. The first kappa shape index (κ1) is 13.1. The molecule has 2 aliphatic rings. The lowest BCUT2D eigenvalue weighted by Crippen LogP contribution is -2.33. The summed E-state index contributed by atoms with van der Waals surface area (Å²) in [6, 6.07) is 2.35. The summed E-state index contributed by atoms with van der Waals surface area (Å²) < 4.78 is 5.38. The van der Waals surface area contributed by atoms with Crippen molar-refractivity contribution in [3.63, 3.8) is 0 Å². The molecule has 1 aromatic rings. The summed E-state index contributed by atoms with van der Waals surface area (Å²) in [4.78, 5) is 7.13. The zero-order valence-electron chi connectivity index (χ0n) is 12.4. The predicted molar refractivity (Wildman–Crippen MR) is 76.3 cm³/mol. The fourth-order valence-corrected chi connectivity index (χ4v) is 3.68. The van der Waals surface area contributed by atoms with Crippen molar-refractivity contribution in [3.05, 3.63) is 29.1 Å². The largest absolute Gasteiger partial charge is 0.375 e. The van der Waals surface area contributed by atoms with Crippen LogP contribution in [0.1, 0.15) is 42.7 Å². The molecule has 19 heavy (non-hydrogen) atoms.